The van der Waals surface area contributed by atoms with Crippen molar-refractivity contribution in [1.29, 1.82) is 5.26 Å². The van der Waals surface area contributed by atoms with E-state index in [1.165, 1.54) is 12.1 Å². The number of nitrogens with zero attached hydrogens (tertiary/aromatic N) is 4. The molecule has 4 rings (SSSR count). The van der Waals surface area contributed by atoms with Crippen LogP contribution in [0.25, 0.3) is 11.4 Å². The molecule has 2 unspecified atom stereocenters. The van der Waals surface area contributed by atoms with Crippen molar-refractivity contribution in [1.82, 2.24) is 15.0 Å². The first-order chi connectivity index (χ1) is 13.0. The number of nitriles is 1. The van der Waals surface area contributed by atoms with Gasteiger partial charge in [0.2, 0.25) is 5.82 Å². The molecule has 0 saturated carbocycles. The van der Waals surface area contributed by atoms with E-state index in [-0.39, 0.29) is 23.1 Å². The Morgan fingerprint density at radius 2 is 2.11 bits per heavy atom. The van der Waals surface area contributed by atoms with E-state index in [0.29, 0.717) is 30.9 Å². The van der Waals surface area contributed by atoms with E-state index in [2.05, 4.69) is 22.9 Å². The van der Waals surface area contributed by atoms with Crippen molar-refractivity contribution in [2.75, 3.05) is 26.3 Å². The Bertz CT molecular complexity index is 857. The highest BCUT2D eigenvalue weighted by Crippen LogP contribution is 2.33. The van der Waals surface area contributed by atoms with Crippen LogP contribution in [0.1, 0.15) is 24.5 Å². The second-order valence-corrected chi connectivity index (χ2v) is 7.28. The van der Waals surface area contributed by atoms with Crippen molar-refractivity contribution in [3.8, 4) is 17.5 Å². The first-order valence-electron chi connectivity index (χ1n) is 9.00. The zero-order valence-electron chi connectivity index (χ0n) is 15.3. The summed E-state index contributed by atoms with van der Waals surface area (Å²) in [5.74, 6) is 0.518. The van der Waals surface area contributed by atoms with E-state index in [1.807, 2.05) is 13.0 Å². The maximum Gasteiger partial charge on any atom is 0.255 e. The van der Waals surface area contributed by atoms with Crippen LogP contribution in [0.2, 0.25) is 0 Å². The van der Waals surface area contributed by atoms with Crippen molar-refractivity contribution in [2.45, 2.75) is 19.1 Å². The molecule has 9 heteroatoms. The normalized spacial score (nSPS) is 26.5. The van der Waals surface area contributed by atoms with E-state index in [9.17, 15) is 4.39 Å². The van der Waals surface area contributed by atoms with Gasteiger partial charge in [-0.05, 0) is 38.2 Å². The first-order valence-corrected chi connectivity index (χ1v) is 9.00. The highest BCUT2D eigenvalue weighted by atomic mass is 19.1. The topological polar surface area (TPSA) is 84.4 Å². The molecule has 0 amide bonds. The molecule has 140 valence electrons. The standard InChI is InChI=1S/C18H20BFN4O3/c1-10(26-16-12-6-24(19)7-13(16)9-25-8-12)18-22-17(23-27-18)14-3-2-11(5-21)4-15(14)20/h2-4,10,12-13,16H,6-9,19H2,1H3/t10-,12?,13?,16?/m1/s1. The second kappa shape index (κ2) is 7.39. The molecule has 2 aromatic rings. The number of benzene rings is 1. The molecule has 3 atom stereocenters. The monoisotopic (exact) mass is 370 g/mol. The third kappa shape index (κ3) is 3.61. The molecular weight excluding hydrogens is 350 g/mol. The van der Waals surface area contributed by atoms with Crippen LogP contribution in [0.5, 0.6) is 0 Å². The quantitative estimate of drug-likeness (QED) is 0.751. The number of ether oxygens (including phenoxy) is 2. The number of rotatable bonds is 4. The lowest BCUT2D eigenvalue weighted by atomic mass is 9.83. The van der Waals surface area contributed by atoms with Crippen LogP contribution in [-0.2, 0) is 9.47 Å². The molecular formula is C18H20BFN4O3. The summed E-state index contributed by atoms with van der Waals surface area (Å²) in [6.07, 6.45) is -0.323. The van der Waals surface area contributed by atoms with Crippen LogP contribution >= 0.6 is 0 Å². The van der Waals surface area contributed by atoms with Gasteiger partial charge < -0.3 is 18.8 Å². The summed E-state index contributed by atoms with van der Waals surface area (Å²) in [4.78, 5) is 6.61. The van der Waals surface area contributed by atoms with Crippen molar-refractivity contribution in [3.63, 3.8) is 0 Å². The Kier molecular flexibility index (Phi) is 4.95. The molecule has 2 fully saturated rings. The minimum absolute atomic E-state index is 0.0759. The van der Waals surface area contributed by atoms with Gasteiger partial charge in [-0.15, -0.1) is 0 Å². The Morgan fingerprint density at radius 1 is 1.37 bits per heavy atom. The fourth-order valence-electron chi connectivity index (χ4n) is 3.93. The maximum absolute atomic E-state index is 14.2. The predicted octanol–water partition coefficient (Wildman–Crippen LogP) is 1.32. The molecule has 0 spiro atoms. The molecule has 0 N–H and O–H groups in total. The maximum atomic E-state index is 14.2. The molecule has 7 nitrogen and oxygen atoms in total. The molecule has 0 aliphatic carbocycles. The SMILES string of the molecule is BN1CC2COCC(C1)C2O[C@H](C)c1nc(-c2ccc(C#N)cc2F)no1. The molecule has 2 bridgehead atoms. The summed E-state index contributed by atoms with van der Waals surface area (Å²) in [5, 5.41) is 12.7. The largest absolute Gasteiger partial charge is 0.381 e. The summed E-state index contributed by atoms with van der Waals surface area (Å²) in [7, 11) is 2.11. The van der Waals surface area contributed by atoms with Gasteiger partial charge in [-0.3, -0.25) is 0 Å². The van der Waals surface area contributed by atoms with Gasteiger partial charge in [0.1, 0.15) is 11.9 Å². The lowest BCUT2D eigenvalue weighted by Gasteiger charge is -2.46. The van der Waals surface area contributed by atoms with Crippen molar-refractivity contribution < 1.29 is 18.4 Å². The molecule has 2 aliphatic rings. The average molecular weight is 370 g/mol. The molecule has 2 aliphatic heterocycles. The minimum Gasteiger partial charge on any atom is -0.381 e. The van der Waals surface area contributed by atoms with Crippen LogP contribution in [0.15, 0.2) is 22.7 Å². The Morgan fingerprint density at radius 3 is 2.78 bits per heavy atom. The van der Waals surface area contributed by atoms with Gasteiger partial charge in [0.05, 0.1) is 36.5 Å². The van der Waals surface area contributed by atoms with Gasteiger partial charge in [0, 0.05) is 11.8 Å². The van der Waals surface area contributed by atoms with E-state index in [1.54, 1.807) is 0 Å². The number of halogens is 1. The summed E-state index contributed by atoms with van der Waals surface area (Å²) < 4.78 is 31.4. The smallest absolute Gasteiger partial charge is 0.255 e. The van der Waals surface area contributed by atoms with E-state index in [0.717, 1.165) is 19.2 Å². The van der Waals surface area contributed by atoms with Crippen molar-refractivity contribution >= 4 is 7.98 Å². The van der Waals surface area contributed by atoms with Gasteiger partial charge in [-0.25, -0.2) is 4.39 Å². The van der Waals surface area contributed by atoms with Crippen LogP contribution in [-0.4, -0.2) is 55.3 Å². The van der Waals surface area contributed by atoms with Crippen LogP contribution in [0.4, 0.5) is 4.39 Å². The van der Waals surface area contributed by atoms with Crippen LogP contribution in [0.3, 0.4) is 0 Å². The lowest BCUT2D eigenvalue weighted by Crippen LogP contribution is -2.55. The molecule has 3 heterocycles. The predicted molar refractivity (Wildman–Crippen MR) is 95.6 cm³/mol. The lowest BCUT2D eigenvalue weighted by molar-refractivity contribution is -0.161. The third-order valence-electron chi connectivity index (χ3n) is 5.18. The van der Waals surface area contributed by atoms with Crippen molar-refractivity contribution in [2.24, 2.45) is 11.8 Å². The molecule has 2 saturated heterocycles. The Labute approximate surface area is 157 Å². The number of hydrogen-bond donors (Lipinski definition) is 0. The highest BCUT2D eigenvalue weighted by molar-refractivity contribution is 6.04. The van der Waals surface area contributed by atoms with Crippen molar-refractivity contribution in [3.05, 3.63) is 35.5 Å². The zero-order valence-corrected chi connectivity index (χ0v) is 15.3. The number of fused-ring (bicyclic) bond motifs is 2. The van der Waals surface area contributed by atoms with Crippen LogP contribution in [0, 0.1) is 29.0 Å². The fourth-order valence-corrected chi connectivity index (χ4v) is 3.93. The zero-order chi connectivity index (χ0) is 19.0. The van der Waals surface area contributed by atoms with E-state index >= 15 is 0 Å². The summed E-state index contributed by atoms with van der Waals surface area (Å²) >= 11 is 0. The van der Waals surface area contributed by atoms with Gasteiger partial charge in [-0.2, -0.15) is 10.2 Å². The van der Waals surface area contributed by atoms with Gasteiger partial charge in [0.15, 0.2) is 7.98 Å². The van der Waals surface area contributed by atoms with E-state index in [4.69, 9.17) is 19.3 Å². The second-order valence-electron chi connectivity index (χ2n) is 7.28. The number of aromatic nitrogens is 2. The molecule has 1 aromatic heterocycles. The first kappa shape index (κ1) is 18.1. The summed E-state index contributed by atoms with van der Waals surface area (Å²) in [6, 6.07) is 6.06. The number of piperidine rings is 1. The minimum atomic E-state index is -0.558. The average Bonchev–Trinajstić information content (AvgIpc) is 3.12. The highest BCUT2D eigenvalue weighted by Gasteiger charge is 2.41. The number of hydrogen-bond acceptors (Lipinski definition) is 7. The molecule has 0 radical (unpaired) electrons. The third-order valence-corrected chi connectivity index (χ3v) is 5.18. The molecule has 1 aromatic carbocycles. The van der Waals surface area contributed by atoms with Gasteiger partial charge >= 0.3 is 0 Å². The van der Waals surface area contributed by atoms with Gasteiger partial charge in [-0.1, -0.05) is 5.16 Å². The Hall–Kier alpha value is -2.28. The van der Waals surface area contributed by atoms with E-state index < -0.39 is 11.9 Å². The summed E-state index contributed by atoms with van der Waals surface area (Å²) in [5.41, 5.74) is 0.438. The fraction of sp³-hybridized carbons (Fsp3) is 0.500. The Balaban J connectivity index is 1.49. The summed E-state index contributed by atoms with van der Waals surface area (Å²) in [6.45, 7) is 5.09. The molecule has 27 heavy (non-hydrogen) atoms. The van der Waals surface area contributed by atoms with Gasteiger partial charge in [0.25, 0.3) is 5.89 Å². The van der Waals surface area contributed by atoms with Crippen LogP contribution < -0.4 is 0 Å².